The largest absolute Gasteiger partial charge is 0.455 e. The standard InChI is InChI=1S/C27H27ClN4O3/c1-16-13-20(18(3)30-22-6-7-23(28)31-27(22)32-9-11-34-12-10-32)26-21(14-16)24(33)17(2)25(35-26)19-5-4-8-29-15-19/h4-8,13-15,18,30H,9-12H2,1-3H3. The Morgan fingerprint density at radius 2 is 1.94 bits per heavy atom. The summed E-state index contributed by atoms with van der Waals surface area (Å²) in [5.41, 5.74) is 4.62. The first-order chi connectivity index (χ1) is 16.9. The maximum Gasteiger partial charge on any atom is 0.196 e. The van der Waals surface area contributed by atoms with Crippen LogP contribution in [0.25, 0.3) is 22.3 Å². The molecule has 7 nitrogen and oxygen atoms in total. The average molecular weight is 491 g/mol. The van der Waals surface area contributed by atoms with Crippen molar-refractivity contribution in [3.05, 3.63) is 80.9 Å². The number of fused-ring (bicyclic) bond motifs is 1. The van der Waals surface area contributed by atoms with Gasteiger partial charge in [0.05, 0.1) is 30.3 Å². The van der Waals surface area contributed by atoms with E-state index in [-0.39, 0.29) is 11.5 Å². The van der Waals surface area contributed by atoms with Gasteiger partial charge in [0.15, 0.2) is 11.2 Å². The molecule has 3 aromatic heterocycles. The van der Waals surface area contributed by atoms with Crippen molar-refractivity contribution in [3.63, 3.8) is 0 Å². The molecule has 0 aliphatic carbocycles. The van der Waals surface area contributed by atoms with Gasteiger partial charge in [-0.15, -0.1) is 0 Å². The van der Waals surface area contributed by atoms with Gasteiger partial charge in [0, 0.05) is 42.2 Å². The molecule has 5 rings (SSSR count). The minimum Gasteiger partial charge on any atom is -0.455 e. The van der Waals surface area contributed by atoms with Crippen LogP contribution in [0.1, 0.15) is 29.7 Å². The van der Waals surface area contributed by atoms with Gasteiger partial charge in [0.1, 0.15) is 16.5 Å². The normalized spacial score (nSPS) is 14.8. The number of aromatic nitrogens is 2. The molecule has 0 spiro atoms. The van der Waals surface area contributed by atoms with Crippen LogP contribution < -0.4 is 15.6 Å². The maximum absolute atomic E-state index is 13.4. The predicted molar refractivity (Wildman–Crippen MR) is 140 cm³/mol. The number of nitrogens with one attached hydrogen (secondary N) is 1. The molecule has 1 unspecified atom stereocenters. The molecule has 4 heterocycles. The molecule has 1 saturated heterocycles. The van der Waals surface area contributed by atoms with Crippen LogP contribution in [0.3, 0.4) is 0 Å². The van der Waals surface area contributed by atoms with Gasteiger partial charge in [-0.2, -0.15) is 0 Å². The van der Waals surface area contributed by atoms with Crippen molar-refractivity contribution < 1.29 is 9.15 Å². The van der Waals surface area contributed by atoms with Crippen LogP contribution in [0.15, 0.2) is 58.0 Å². The number of aryl methyl sites for hydroxylation is 1. The lowest BCUT2D eigenvalue weighted by Crippen LogP contribution is -2.37. The zero-order valence-electron chi connectivity index (χ0n) is 20.0. The molecular formula is C27H27ClN4O3. The molecule has 4 aromatic rings. The van der Waals surface area contributed by atoms with Crippen LogP contribution in [0.5, 0.6) is 0 Å². The summed E-state index contributed by atoms with van der Waals surface area (Å²) in [6.45, 7) is 8.61. The Balaban J connectivity index is 1.60. The highest BCUT2D eigenvalue weighted by atomic mass is 35.5. The number of hydrogen-bond donors (Lipinski definition) is 1. The van der Waals surface area contributed by atoms with Crippen LogP contribution >= 0.6 is 11.6 Å². The molecule has 0 saturated carbocycles. The van der Waals surface area contributed by atoms with Crippen LogP contribution in [0, 0.1) is 13.8 Å². The van der Waals surface area contributed by atoms with Gasteiger partial charge in [-0.1, -0.05) is 17.7 Å². The van der Waals surface area contributed by atoms with E-state index in [9.17, 15) is 4.79 Å². The second-order valence-electron chi connectivity index (χ2n) is 8.83. The summed E-state index contributed by atoms with van der Waals surface area (Å²) >= 11 is 6.24. The number of halogens is 1. The Labute approximate surface area is 208 Å². The summed E-state index contributed by atoms with van der Waals surface area (Å²) in [5, 5.41) is 4.59. The summed E-state index contributed by atoms with van der Waals surface area (Å²) < 4.78 is 11.9. The van der Waals surface area contributed by atoms with Crippen molar-refractivity contribution in [3.8, 4) is 11.3 Å². The van der Waals surface area contributed by atoms with Crippen molar-refractivity contribution >= 4 is 34.1 Å². The second kappa shape index (κ2) is 9.68. The zero-order chi connectivity index (χ0) is 24.5. The first kappa shape index (κ1) is 23.3. The number of benzene rings is 1. The minimum absolute atomic E-state index is 0.0376. The van der Waals surface area contributed by atoms with E-state index in [1.54, 1.807) is 25.4 Å². The van der Waals surface area contributed by atoms with Gasteiger partial charge in [0.25, 0.3) is 0 Å². The Kier molecular flexibility index (Phi) is 6.45. The fourth-order valence-electron chi connectivity index (χ4n) is 4.53. The molecule has 8 heteroatoms. The third kappa shape index (κ3) is 4.61. The van der Waals surface area contributed by atoms with Gasteiger partial charge in [-0.25, -0.2) is 4.98 Å². The molecule has 1 aromatic carbocycles. The van der Waals surface area contributed by atoms with E-state index >= 15 is 0 Å². The van der Waals surface area contributed by atoms with E-state index in [1.807, 2.05) is 31.2 Å². The summed E-state index contributed by atoms with van der Waals surface area (Å²) in [6, 6.07) is 11.2. The van der Waals surface area contributed by atoms with Gasteiger partial charge >= 0.3 is 0 Å². The molecule has 1 atom stereocenters. The summed E-state index contributed by atoms with van der Waals surface area (Å²) in [5.74, 6) is 1.33. The van der Waals surface area contributed by atoms with Crippen molar-refractivity contribution in [2.45, 2.75) is 26.8 Å². The van der Waals surface area contributed by atoms with Gasteiger partial charge in [-0.3, -0.25) is 9.78 Å². The lowest BCUT2D eigenvalue weighted by Gasteiger charge is -2.30. The number of ether oxygens (including phenoxy) is 1. The van der Waals surface area contributed by atoms with E-state index in [4.69, 9.17) is 20.8 Å². The SMILES string of the molecule is Cc1cc(C(C)Nc2ccc(Cl)nc2N2CCOCC2)c2oc(-c3cccnc3)c(C)c(=O)c2c1. The Bertz CT molecular complexity index is 1430. The fourth-order valence-corrected chi connectivity index (χ4v) is 4.67. The average Bonchev–Trinajstić information content (AvgIpc) is 2.88. The molecule has 1 fully saturated rings. The maximum atomic E-state index is 13.4. The number of nitrogens with zero attached hydrogens (tertiary/aromatic N) is 3. The van der Waals surface area contributed by atoms with Crippen LogP contribution in [0.4, 0.5) is 11.5 Å². The summed E-state index contributed by atoms with van der Waals surface area (Å²) in [6.07, 6.45) is 3.41. The lowest BCUT2D eigenvalue weighted by molar-refractivity contribution is 0.122. The molecule has 35 heavy (non-hydrogen) atoms. The smallest absolute Gasteiger partial charge is 0.196 e. The Morgan fingerprint density at radius 3 is 2.69 bits per heavy atom. The quantitative estimate of drug-likeness (QED) is 0.368. The number of rotatable bonds is 5. The lowest BCUT2D eigenvalue weighted by atomic mass is 9.99. The molecule has 1 N–H and O–H groups in total. The monoisotopic (exact) mass is 490 g/mol. The van der Waals surface area contributed by atoms with Crippen LogP contribution in [0.2, 0.25) is 5.15 Å². The molecule has 0 amide bonds. The van der Waals surface area contributed by atoms with E-state index in [2.05, 4.69) is 33.2 Å². The highest BCUT2D eigenvalue weighted by Crippen LogP contribution is 2.34. The van der Waals surface area contributed by atoms with Crippen LogP contribution in [-0.2, 0) is 4.74 Å². The zero-order valence-corrected chi connectivity index (χ0v) is 20.7. The molecule has 0 bridgehead atoms. The first-order valence-corrected chi connectivity index (χ1v) is 12.0. The summed E-state index contributed by atoms with van der Waals surface area (Å²) in [4.78, 5) is 24.3. The van der Waals surface area contributed by atoms with Crippen molar-refractivity contribution in [2.75, 3.05) is 36.5 Å². The highest BCUT2D eigenvalue weighted by Gasteiger charge is 2.22. The highest BCUT2D eigenvalue weighted by molar-refractivity contribution is 6.29. The third-order valence-electron chi connectivity index (χ3n) is 6.31. The molecular weight excluding hydrogens is 464 g/mol. The molecule has 1 aliphatic rings. The molecule has 180 valence electrons. The number of pyridine rings is 2. The Hall–Kier alpha value is -3.42. The second-order valence-corrected chi connectivity index (χ2v) is 9.22. The van der Waals surface area contributed by atoms with E-state index in [0.29, 0.717) is 40.7 Å². The third-order valence-corrected chi connectivity index (χ3v) is 6.52. The molecule has 1 aliphatic heterocycles. The van der Waals surface area contributed by atoms with Crippen LogP contribution in [-0.4, -0.2) is 36.3 Å². The van der Waals surface area contributed by atoms with E-state index in [1.165, 1.54) is 0 Å². The molecule has 0 radical (unpaired) electrons. The van der Waals surface area contributed by atoms with Gasteiger partial charge in [0.2, 0.25) is 0 Å². The van der Waals surface area contributed by atoms with Gasteiger partial charge in [-0.05, 0) is 56.7 Å². The topological polar surface area (TPSA) is 80.5 Å². The van der Waals surface area contributed by atoms with Crippen molar-refractivity contribution in [1.29, 1.82) is 0 Å². The minimum atomic E-state index is -0.173. The van der Waals surface area contributed by atoms with Crippen molar-refractivity contribution in [2.24, 2.45) is 0 Å². The fraction of sp³-hybridized carbons (Fsp3) is 0.296. The number of morpholine rings is 1. The van der Waals surface area contributed by atoms with Gasteiger partial charge < -0.3 is 19.4 Å². The van der Waals surface area contributed by atoms with E-state index < -0.39 is 0 Å². The number of anilines is 2. The number of hydrogen-bond acceptors (Lipinski definition) is 7. The Morgan fingerprint density at radius 1 is 1.14 bits per heavy atom. The van der Waals surface area contributed by atoms with E-state index in [0.717, 1.165) is 41.3 Å². The predicted octanol–water partition coefficient (Wildman–Crippen LogP) is 5.53. The van der Waals surface area contributed by atoms with Crippen molar-refractivity contribution in [1.82, 2.24) is 9.97 Å². The first-order valence-electron chi connectivity index (χ1n) is 11.7. The summed E-state index contributed by atoms with van der Waals surface area (Å²) in [7, 11) is 0.